The van der Waals surface area contributed by atoms with Gasteiger partial charge in [0.2, 0.25) is 5.91 Å². The lowest BCUT2D eigenvalue weighted by molar-refractivity contribution is -0.135. The van der Waals surface area contributed by atoms with E-state index in [1.165, 1.54) is 6.42 Å². The molecule has 1 unspecified atom stereocenters. The van der Waals surface area contributed by atoms with Gasteiger partial charge < -0.3 is 9.47 Å². The van der Waals surface area contributed by atoms with Crippen molar-refractivity contribution in [1.29, 1.82) is 0 Å². The zero-order valence-corrected chi connectivity index (χ0v) is 11.2. The first-order chi connectivity index (χ1) is 9.27. The van der Waals surface area contributed by atoms with Crippen molar-refractivity contribution in [3.63, 3.8) is 0 Å². The van der Waals surface area contributed by atoms with Crippen LogP contribution in [0.4, 0.5) is 0 Å². The van der Waals surface area contributed by atoms with Crippen molar-refractivity contribution in [3.05, 3.63) is 30.6 Å². The Bertz CT molecular complexity index is 584. The number of fused-ring (bicyclic) bond motifs is 1. The van der Waals surface area contributed by atoms with Crippen LogP contribution < -0.4 is 0 Å². The van der Waals surface area contributed by atoms with Gasteiger partial charge in [0.15, 0.2) is 0 Å². The van der Waals surface area contributed by atoms with Gasteiger partial charge >= 0.3 is 0 Å². The molecule has 0 N–H and O–H groups in total. The zero-order chi connectivity index (χ0) is 13.2. The van der Waals surface area contributed by atoms with Crippen LogP contribution >= 0.6 is 0 Å². The molecular formula is C15H19N3O. The first-order valence-corrected chi connectivity index (χ1v) is 6.98. The summed E-state index contributed by atoms with van der Waals surface area (Å²) in [5.41, 5.74) is 1.97. The predicted molar refractivity (Wildman–Crippen MR) is 74.9 cm³/mol. The normalized spacial score (nSPS) is 17.6. The van der Waals surface area contributed by atoms with Gasteiger partial charge in [-0.1, -0.05) is 12.1 Å². The molecule has 0 saturated carbocycles. The fourth-order valence-corrected chi connectivity index (χ4v) is 2.78. The Morgan fingerprint density at radius 3 is 2.74 bits per heavy atom. The maximum atomic E-state index is 12.5. The molecule has 1 aliphatic heterocycles. The highest BCUT2D eigenvalue weighted by molar-refractivity contribution is 5.83. The van der Waals surface area contributed by atoms with Gasteiger partial charge in [-0.25, -0.2) is 4.98 Å². The molecule has 1 aliphatic rings. The van der Waals surface area contributed by atoms with Crippen molar-refractivity contribution in [2.45, 2.75) is 32.2 Å². The molecule has 1 atom stereocenters. The molecule has 1 amide bonds. The number of amides is 1. The number of imidazole rings is 1. The molecular weight excluding hydrogens is 238 g/mol. The molecule has 1 aromatic heterocycles. The van der Waals surface area contributed by atoms with E-state index in [0.717, 1.165) is 37.0 Å². The van der Waals surface area contributed by atoms with E-state index in [0.29, 0.717) is 0 Å². The maximum absolute atomic E-state index is 12.5. The molecule has 4 nitrogen and oxygen atoms in total. The van der Waals surface area contributed by atoms with Gasteiger partial charge in [0, 0.05) is 13.1 Å². The molecule has 100 valence electrons. The standard InChI is InChI=1S/C15H19N3O/c1-12(15(19)17-9-5-2-6-10-17)18-11-16-13-7-3-4-8-14(13)18/h3-4,7-8,11-12H,2,5-6,9-10H2,1H3. The van der Waals surface area contributed by atoms with Gasteiger partial charge in [-0.3, -0.25) is 4.79 Å². The molecule has 1 aromatic carbocycles. The highest BCUT2D eigenvalue weighted by atomic mass is 16.2. The van der Waals surface area contributed by atoms with Crippen LogP contribution in [0.2, 0.25) is 0 Å². The summed E-state index contributed by atoms with van der Waals surface area (Å²) in [4.78, 5) is 18.9. The first kappa shape index (κ1) is 12.2. The third-order valence-electron chi connectivity index (χ3n) is 3.92. The van der Waals surface area contributed by atoms with Crippen molar-refractivity contribution >= 4 is 16.9 Å². The largest absolute Gasteiger partial charge is 0.341 e. The van der Waals surface area contributed by atoms with Crippen molar-refractivity contribution in [2.75, 3.05) is 13.1 Å². The summed E-state index contributed by atoms with van der Waals surface area (Å²) in [5.74, 6) is 0.211. The minimum Gasteiger partial charge on any atom is -0.341 e. The number of rotatable bonds is 2. The summed E-state index contributed by atoms with van der Waals surface area (Å²) in [6.45, 7) is 3.76. The van der Waals surface area contributed by atoms with E-state index in [1.807, 2.05) is 40.7 Å². The smallest absolute Gasteiger partial charge is 0.245 e. The lowest BCUT2D eigenvalue weighted by Crippen LogP contribution is -2.39. The predicted octanol–water partition coefficient (Wildman–Crippen LogP) is 2.61. The molecule has 0 spiro atoms. The molecule has 3 rings (SSSR count). The van der Waals surface area contributed by atoms with Gasteiger partial charge in [0.05, 0.1) is 17.4 Å². The quantitative estimate of drug-likeness (QED) is 0.829. The van der Waals surface area contributed by atoms with Gasteiger partial charge in [-0.15, -0.1) is 0 Å². The number of para-hydroxylation sites is 2. The van der Waals surface area contributed by atoms with Crippen molar-refractivity contribution in [3.8, 4) is 0 Å². The van der Waals surface area contributed by atoms with E-state index < -0.39 is 0 Å². The summed E-state index contributed by atoms with van der Waals surface area (Å²) >= 11 is 0. The van der Waals surface area contributed by atoms with E-state index in [9.17, 15) is 4.79 Å². The summed E-state index contributed by atoms with van der Waals surface area (Å²) in [5, 5.41) is 0. The van der Waals surface area contributed by atoms with Crippen LogP contribution in [-0.2, 0) is 4.79 Å². The van der Waals surface area contributed by atoms with Gasteiger partial charge in [0.25, 0.3) is 0 Å². The second-order valence-electron chi connectivity index (χ2n) is 5.20. The Kier molecular flexibility index (Phi) is 3.23. The van der Waals surface area contributed by atoms with E-state index in [-0.39, 0.29) is 11.9 Å². The van der Waals surface area contributed by atoms with Crippen LogP contribution in [0.5, 0.6) is 0 Å². The third-order valence-corrected chi connectivity index (χ3v) is 3.92. The summed E-state index contributed by atoms with van der Waals surface area (Å²) in [6.07, 6.45) is 5.27. The topological polar surface area (TPSA) is 38.1 Å². The van der Waals surface area contributed by atoms with E-state index >= 15 is 0 Å². The number of carbonyl (C=O) groups excluding carboxylic acids is 1. The Morgan fingerprint density at radius 2 is 1.95 bits per heavy atom. The molecule has 1 saturated heterocycles. The van der Waals surface area contributed by atoms with Crippen molar-refractivity contribution in [1.82, 2.24) is 14.5 Å². The number of carbonyl (C=O) groups is 1. The van der Waals surface area contributed by atoms with Crippen LogP contribution in [0.3, 0.4) is 0 Å². The van der Waals surface area contributed by atoms with Crippen LogP contribution in [0.1, 0.15) is 32.2 Å². The van der Waals surface area contributed by atoms with Crippen LogP contribution in [0.25, 0.3) is 11.0 Å². The Morgan fingerprint density at radius 1 is 1.21 bits per heavy atom. The zero-order valence-electron chi connectivity index (χ0n) is 11.2. The van der Waals surface area contributed by atoms with Crippen LogP contribution in [-0.4, -0.2) is 33.4 Å². The van der Waals surface area contributed by atoms with Gasteiger partial charge in [-0.2, -0.15) is 0 Å². The Labute approximate surface area is 113 Å². The lowest BCUT2D eigenvalue weighted by atomic mass is 10.1. The second-order valence-corrected chi connectivity index (χ2v) is 5.20. The molecule has 2 aromatic rings. The first-order valence-electron chi connectivity index (χ1n) is 6.98. The minimum absolute atomic E-state index is 0.175. The maximum Gasteiger partial charge on any atom is 0.245 e. The Balaban J connectivity index is 1.86. The van der Waals surface area contributed by atoms with E-state index in [1.54, 1.807) is 6.33 Å². The molecule has 2 heterocycles. The number of hydrogen-bond acceptors (Lipinski definition) is 2. The molecule has 1 fully saturated rings. The number of likely N-dealkylation sites (tertiary alicyclic amines) is 1. The molecule has 0 radical (unpaired) electrons. The monoisotopic (exact) mass is 257 g/mol. The summed E-state index contributed by atoms with van der Waals surface area (Å²) < 4.78 is 1.98. The number of benzene rings is 1. The average Bonchev–Trinajstić information content (AvgIpc) is 2.90. The summed E-state index contributed by atoms with van der Waals surface area (Å²) in [6, 6.07) is 7.77. The minimum atomic E-state index is -0.175. The molecule has 0 aliphatic carbocycles. The average molecular weight is 257 g/mol. The molecule has 0 bridgehead atoms. The fraction of sp³-hybridized carbons (Fsp3) is 0.467. The van der Waals surface area contributed by atoms with Crippen molar-refractivity contribution in [2.24, 2.45) is 0 Å². The van der Waals surface area contributed by atoms with Gasteiger partial charge in [-0.05, 0) is 38.3 Å². The number of hydrogen-bond donors (Lipinski definition) is 0. The summed E-state index contributed by atoms with van der Waals surface area (Å²) in [7, 11) is 0. The van der Waals surface area contributed by atoms with Crippen molar-refractivity contribution < 1.29 is 4.79 Å². The highest BCUT2D eigenvalue weighted by Crippen LogP contribution is 2.20. The van der Waals surface area contributed by atoms with Crippen LogP contribution in [0.15, 0.2) is 30.6 Å². The molecule has 4 heteroatoms. The fourth-order valence-electron chi connectivity index (χ4n) is 2.78. The van der Waals surface area contributed by atoms with E-state index in [2.05, 4.69) is 4.98 Å². The SMILES string of the molecule is CC(C(=O)N1CCCCC1)n1cnc2ccccc21. The second kappa shape index (κ2) is 5.03. The third kappa shape index (κ3) is 2.23. The number of piperidine rings is 1. The number of nitrogens with zero attached hydrogens (tertiary/aromatic N) is 3. The molecule has 19 heavy (non-hydrogen) atoms. The van der Waals surface area contributed by atoms with Gasteiger partial charge in [0.1, 0.15) is 6.04 Å². The highest BCUT2D eigenvalue weighted by Gasteiger charge is 2.24. The lowest BCUT2D eigenvalue weighted by Gasteiger charge is -2.29. The Hall–Kier alpha value is -1.84. The van der Waals surface area contributed by atoms with Crippen LogP contribution in [0, 0.1) is 0 Å². The van der Waals surface area contributed by atoms with E-state index in [4.69, 9.17) is 0 Å². The number of aromatic nitrogens is 2.